The van der Waals surface area contributed by atoms with Gasteiger partial charge in [-0.25, -0.2) is 9.69 Å². The average molecular weight is 355 g/mol. The van der Waals surface area contributed by atoms with E-state index in [1.165, 1.54) is 0 Å². The molecule has 0 aliphatic carbocycles. The molecule has 0 unspecified atom stereocenters. The molecule has 1 aliphatic heterocycles. The van der Waals surface area contributed by atoms with Crippen LogP contribution in [0.25, 0.3) is 0 Å². The van der Waals surface area contributed by atoms with Crippen molar-refractivity contribution in [3.8, 4) is 0 Å². The number of phosphoric acid groups is 1. The monoisotopic (exact) mass is 355 g/mol. The number of hydrogen-bond acceptors (Lipinski definition) is 9. The fourth-order valence-corrected chi connectivity index (χ4v) is 1.24. The van der Waals surface area contributed by atoms with Crippen molar-refractivity contribution in [3.05, 3.63) is 0 Å². The van der Waals surface area contributed by atoms with E-state index in [-0.39, 0.29) is 88.4 Å². The van der Waals surface area contributed by atoms with Crippen molar-refractivity contribution in [1.29, 1.82) is 0 Å². The number of nitrogens with zero attached hydrogens (tertiary/aromatic N) is 1. The van der Waals surface area contributed by atoms with Crippen LogP contribution in [0.4, 0.5) is 0 Å². The van der Waals surface area contributed by atoms with Gasteiger partial charge in [-0.05, 0) is 6.42 Å². The minimum absolute atomic E-state index is 0. The van der Waals surface area contributed by atoms with Crippen LogP contribution in [0.1, 0.15) is 12.8 Å². The molecule has 0 aromatic rings. The van der Waals surface area contributed by atoms with Crippen molar-refractivity contribution < 1.29 is 41.3 Å². The molecule has 18 heavy (non-hydrogen) atoms. The molecule has 1 rings (SSSR count). The molecule has 0 N–H and O–H groups in total. The largest absolute Gasteiger partial charge is 2.00 e. The quantitative estimate of drug-likeness (QED) is 0.209. The van der Waals surface area contributed by atoms with Crippen molar-refractivity contribution in [2.24, 2.45) is 0 Å². The van der Waals surface area contributed by atoms with E-state index in [2.05, 4.69) is 4.62 Å². The molecular weight excluding hydrogens is 349 g/mol. The molecule has 14 heteroatoms. The Balaban J connectivity index is -0.000000282. The van der Waals surface area contributed by atoms with E-state index in [4.69, 9.17) is 17.5 Å². The topological polar surface area (TPSA) is 173 Å². The van der Waals surface area contributed by atoms with Gasteiger partial charge in [0.15, 0.2) is 0 Å². The maximum Gasteiger partial charge on any atom is 2.00 e. The molecule has 0 bridgehead atoms. The van der Waals surface area contributed by atoms with E-state index >= 15 is 0 Å². The zero-order chi connectivity index (χ0) is 13.0. The number of carbonyl (C=O) groups excluding carboxylic acids is 1. The van der Waals surface area contributed by atoms with Crippen LogP contribution in [0.5, 0.6) is 0 Å². The van der Waals surface area contributed by atoms with E-state index in [1.807, 2.05) is 0 Å². The van der Waals surface area contributed by atoms with Crippen molar-refractivity contribution in [1.82, 2.24) is 5.06 Å². The second-order valence-corrected chi connectivity index (χ2v) is 4.41. The normalized spacial score (nSPS) is 15.1. The average Bonchev–Trinajstić information content (AvgIpc) is 2.29. The van der Waals surface area contributed by atoms with Crippen LogP contribution in [0.2, 0.25) is 0 Å². The van der Waals surface area contributed by atoms with Crippen LogP contribution >= 0.6 is 7.82 Å². The maximum atomic E-state index is 10.7. The first-order chi connectivity index (χ1) is 6.99. The minimum atomic E-state index is -5.17. The summed E-state index contributed by atoms with van der Waals surface area (Å²) in [4.78, 5) is 30.6. The third kappa shape index (κ3) is 18.0. The molecule has 0 atom stereocenters. The fourth-order valence-electron chi connectivity index (χ4n) is 0.830. The summed E-state index contributed by atoms with van der Waals surface area (Å²) in [5.74, 6) is -0.461. The number of amides is 1. The summed E-state index contributed by atoms with van der Waals surface area (Å²) in [6.07, 6.45) is 0.763. The molecule has 96 valence electrons. The molecule has 0 spiro atoms. The Labute approximate surface area is 163 Å². The van der Waals surface area contributed by atoms with E-state index in [0.717, 1.165) is 0 Å². The fraction of sp³-hybridized carbons (Fsp3) is 0.750. The van der Waals surface area contributed by atoms with Gasteiger partial charge in [0, 0.05) is 23.4 Å². The first kappa shape index (κ1) is 25.0. The predicted octanol–water partition coefficient (Wildman–Crippen LogP) is -3.73. The molecule has 1 fully saturated rings. The molecular formula is C4H6Ca2NO9PS. The van der Waals surface area contributed by atoms with Gasteiger partial charge in [-0.1, -0.05) is 0 Å². The minimum Gasteiger partial charge on any atom is -0.788 e. The molecule has 1 aliphatic rings. The van der Waals surface area contributed by atoms with Gasteiger partial charge >= 0.3 is 75.5 Å². The van der Waals surface area contributed by atoms with Gasteiger partial charge in [0.2, 0.25) is 5.91 Å². The molecule has 0 aromatic carbocycles. The molecule has 0 radical (unpaired) electrons. The summed E-state index contributed by atoms with van der Waals surface area (Å²) in [6, 6.07) is 0. The number of hydroxylamine groups is 2. The second kappa shape index (κ2) is 10.7. The Kier molecular flexibility index (Phi) is 14.8. The van der Waals surface area contributed by atoms with Crippen LogP contribution in [0.3, 0.4) is 0 Å². The van der Waals surface area contributed by atoms with Gasteiger partial charge in [0.1, 0.15) is 0 Å². The van der Waals surface area contributed by atoms with Crippen molar-refractivity contribution in [3.63, 3.8) is 0 Å². The molecule has 1 heterocycles. The van der Waals surface area contributed by atoms with Gasteiger partial charge in [-0.15, -0.1) is 0 Å². The Morgan fingerprint density at radius 1 is 1.22 bits per heavy atom. The van der Waals surface area contributed by atoms with Gasteiger partial charge < -0.3 is 23.5 Å². The van der Waals surface area contributed by atoms with E-state index in [9.17, 15) is 19.1 Å². The van der Waals surface area contributed by atoms with Crippen LogP contribution in [0, 0.1) is 0 Å². The molecule has 0 saturated carbocycles. The Morgan fingerprint density at radius 2 is 1.61 bits per heavy atom. The zero-order valence-electron chi connectivity index (χ0n) is 9.01. The SMILES string of the molecule is O=C1CCCN1OP(=O)([O-])[O-].O=S(=O)([O-])[O-].[Ca+2].[Ca+2]. The van der Waals surface area contributed by atoms with Gasteiger partial charge in [-0.2, -0.15) is 0 Å². The predicted molar refractivity (Wildman–Crippen MR) is 51.6 cm³/mol. The van der Waals surface area contributed by atoms with Gasteiger partial charge in [-0.3, -0.25) is 13.2 Å². The Bertz CT molecular complexity index is 385. The van der Waals surface area contributed by atoms with Crippen LogP contribution in [-0.2, 0) is 24.4 Å². The van der Waals surface area contributed by atoms with E-state index in [1.54, 1.807) is 0 Å². The van der Waals surface area contributed by atoms with E-state index < -0.39 is 24.1 Å². The Hall–Kier alpha value is 1.97. The maximum absolute atomic E-state index is 10.7. The number of rotatable bonds is 2. The summed E-state index contributed by atoms with van der Waals surface area (Å²) in [5.41, 5.74) is 0. The van der Waals surface area contributed by atoms with Crippen LogP contribution in [0.15, 0.2) is 0 Å². The molecule has 1 saturated heterocycles. The third-order valence-electron chi connectivity index (χ3n) is 1.23. The standard InChI is InChI=1S/C4H8NO5P.2Ca.H2O4S/c6-4-2-1-3-5(4)10-11(7,8)9;;;1-5(2,3)4/h1-3H2,(H2,7,8,9);;;(H2,1,2,3,4)/q;2*+2;/p-4. The summed E-state index contributed by atoms with van der Waals surface area (Å²) >= 11 is 0. The summed E-state index contributed by atoms with van der Waals surface area (Å²) in [7, 11) is -10.2. The first-order valence-corrected chi connectivity index (χ1v) is 6.47. The number of carbonyl (C=O) groups is 1. The van der Waals surface area contributed by atoms with Crippen LogP contribution in [-0.4, -0.2) is 111 Å². The van der Waals surface area contributed by atoms with Crippen molar-refractivity contribution >= 4 is 99.6 Å². The van der Waals surface area contributed by atoms with E-state index in [0.29, 0.717) is 11.5 Å². The smallest absolute Gasteiger partial charge is 0.788 e. The zero-order valence-corrected chi connectivity index (χ0v) is 15.1. The van der Waals surface area contributed by atoms with Crippen LogP contribution < -0.4 is 9.79 Å². The molecule has 10 nitrogen and oxygen atoms in total. The van der Waals surface area contributed by atoms with Crippen molar-refractivity contribution in [2.45, 2.75) is 12.8 Å². The molecule has 1 amide bonds. The Morgan fingerprint density at radius 3 is 1.83 bits per heavy atom. The summed E-state index contributed by atoms with van der Waals surface area (Å²) < 4.78 is 47.9. The summed E-state index contributed by atoms with van der Waals surface area (Å²) in [5, 5.41) is 0.584. The number of hydrogen-bond donors (Lipinski definition) is 0. The summed E-state index contributed by atoms with van der Waals surface area (Å²) in [6.45, 7) is 0.174. The van der Waals surface area contributed by atoms with Crippen molar-refractivity contribution in [2.75, 3.05) is 6.54 Å². The van der Waals surface area contributed by atoms with Gasteiger partial charge in [0.25, 0.3) is 0 Å². The second-order valence-electron chi connectivity index (χ2n) is 2.54. The third-order valence-corrected chi connectivity index (χ3v) is 1.63. The molecule has 0 aromatic heterocycles. The first-order valence-electron chi connectivity index (χ1n) is 3.68. The van der Waals surface area contributed by atoms with Gasteiger partial charge in [0.05, 0.1) is 7.82 Å².